The fraction of sp³-hybridized carbons (Fsp3) is 0.562. The summed E-state index contributed by atoms with van der Waals surface area (Å²) in [4.78, 5) is 15.6. The summed E-state index contributed by atoms with van der Waals surface area (Å²) in [6.45, 7) is 7.36. The minimum absolute atomic E-state index is 0.726. The summed E-state index contributed by atoms with van der Waals surface area (Å²) in [6, 6.07) is 0. The second-order valence-corrected chi connectivity index (χ2v) is 5.80. The highest BCUT2D eigenvalue weighted by Crippen LogP contribution is 2.22. The van der Waals surface area contributed by atoms with Crippen molar-refractivity contribution in [3.8, 4) is 0 Å². The first-order valence-electron chi connectivity index (χ1n) is 7.80. The highest BCUT2D eigenvalue weighted by molar-refractivity contribution is 5.30. The van der Waals surface area contributed by atoms with Gasteiger partial charge in [-0.3, -0.25) is 0 Å². The minimum atomic E-state index is 0.726. The van der Waals surface area contributed by atoms with Crippen LogP contribution in [0.5, 0.6) is 0 Å². The van der Waals surface area contributed by atoms with E-state index in [4.69, 9.17) is 0 Å². The van der Waals surface area contributed by atoms with Crippen LogP contribution in [0.1, 0.15) is 31.2 Å². The second-order valence-electron chi connectivity index (χ2n) is 5.80. The van der Waals surface area contributed by atoms with Gasteiger partial charge in [-0.15, -0.1) is 0 Å². The number of rotatable bonds is 4. The summed E-state index contributed by atoms with van der Waals surface area (Å²) in [7, 11) is 0. The smallest absolute Gasteiger partial charge is 0.225 e. The van der Waals surface area contributed by atoms with Crippen LogP contribution in [0.3, 0.4) is 0 Å². The number of anilines is 1. The maximum Gasteiger partial charge on any atom is 0.225 e. The molecule has 5 heteroatoms. The van der Waals surface area contributed by atoms with Gasteiger partial charge in [0.25, 0.3) is 0 Å². The van der Waals surface area contributed by atoms with Gasteiger partial charge in [0.1, 0.15) is 5.82 Å². The van der Waals surface area contributed by atoms with Gasteiger partial charge < -0.3 is 9.47 Å². The zero-order valence-corrected chi connectivity index (χ0v) is 12.9. The average molecular weight is 285 g/mol. The van der Waals surface area contributed by atoms with Gasteiger partial charge >= 0.3 is 0 Å². The molecule has 0 amide bonds. The molecule has 1 aliphatic heterocycles. The van der Waals surface area contributed by atoms with Gasteiger partial charge in [-0.2, -0.15) is 0 Å². The van der Waals surface area contributed by atoms with Gasteiger partial charge in [-0.1, -0.05) is 6.92 Å². The molecule has 0 aliphatic carbocycles. The molecular weight excluding hydrogens is 262 g/mol. The monoisotopic (exact) mass is 285 g/mol. The molecule has 0 atom stereocenters. The van der Waals surface area contributed by atoms with Crippen LogP contribution in [0.4, 0.5) is 5.95 Å². The summed E-state index contributed by atoms with van der Waals surface area (Å²) >= 11 is 0. The minimum Gasteiger partial charge on any atom is -0.341 e. The lowest BCUT2D eigenvalue weighted by Gasteiger charge is -2.32. The van der Waals surface area contributed by atoms with Crippen molar-refractivity contribution in [2.75, 3.05) is 18.0 Å². The lowest BCUT2D eigenvalue weighted by Crippen LogP contribution is -2.36. The predicted molar refractivity (Wildman–Crippen MR) is 83.3 cm³/mol. The van der Waals surface area contributed by atoms with E-state index in [1.165, 1.54) is 18.4 Å². The maximum atomic E-state index is 4.49. The molecule has 3 rings (SSSR count). The zero-order valence-electron chi connectivity index (χ0n) is 12.9. The molecule has 0 bridgehead atoms. The van der Waals surface area contributed by atoms with E-state index in [9.17, 15) is 0 Å². The summed E-state index contributed by atoms with van der Waals surface area (Å²) in [6.07, 6.45) is 11.2. The van der Waals surface area contributed by atoms with E-state index in [-0.39, 0.29) is 0 Å². The summed E-state index contributed by atoms with van der Waals surface area (Å²) in [5.41, 5.74) is 1.20. The molecule has 5 nitrogen and oxygen atoms in total. The van der Waals surface area contributed by atoms with Crippen molar-refractivity contribution in [3.05, 3.63) is 36.2 Å². The molecule has 21 heavy (non-hydrogen) atoms. The summed E-state index contributed by atoms with van der Waals surface area (Å²) < 4.78 is 2.26. The van der Waals surface area contributed by atoms with Gasteiger partial charge in [0.2, 0.25) is 5.95 Å². The van der Waals surface area contributed by atoms with Crippen molar-refractivity contribution in [1.82, 2.24) is 19.5 Å². The number of nitrogens with zero attached hydrogens (tertiary/aromatic N) is 5. The molecule has 0 radical (unpaired) electrons. The van der Waals surface area contributed by atoms with Gasteiger partial charge in [0, 0.05) is 44.4 Å². The number of aryl methyl sites for hydroxylation is 2. The van der Waals surface area contributed by atoms with E-state index >= 15 is 0 Å². The Morgan fingerprint density at radius 1 is 1.14 bits per heavy atom. The third kappa shape index (κ3) is 3.23. The van der Waals surface area contributed by atoms with Gasteiger partial charge in [0.15, 0.2) is 0 Å². The molecule has 0 spiro atoms. The first-order valence-corrected chi connectivity index (χ1v) is 7.80. The number of piperidine rings is 1. The zero-order chi connectivity index (χ0) is 14.7. The van der Waals surface area contributed by atoms with Crippen molar-refractivity contribution in [2.24, 2.45) is 5.92 Å². The topological polar surface area (TPSA) is 46.8 Å². The molecule has 0 unspecified atom stereocenters. The molecule has 3 heterocycles. The predicted octanol–water partition coefficient (Wildman–Crippen LogP) is 2.46. The highest BCUT2D eigenvalue weighted by atomic mass is 15.2. The molecule has 112 valence electrons. The molecule has 2 aromatic heterocycles. The second kappa shape index (κ2) is 6.24. The van der Waals surface area contributed by atoms with E-state index in [0.29, 0.717) is 0 Å². The molecular formula is C16H23N5. The third-order valence-electron chi connectivity index (χ3n) is 4.38. The fourth-order valence-electron chi connectivity index (χ4n) is 2.88. The number of imidazole rings is 1. The van der Waals surface area contributed by atoms with Crippen molar-refractivity contribution in [2.45, 2.75) is 39.7 Å². The average Bonchev–Trinajstić information content (AvgIpc) is 2.93. The Balaban J connectivity index is 1.56. The maximum absolute atomic E-state index is 4.49. The van der Waals surface area contributed by atoms with Crippen LogP contribution in [-0.2, 0) is 13.0 Å². The van der Waals surface area contributed by atoms with Crippen LogP contribution in [-0.4, -0.2) is 32.6 Å². The number of hydrogen-bond donors (Lipinski definition) is 0. The Morgan fingerprint density at radius 2 is 1.86 bits per heavy atom. The largest absolute Gasteiger partial charge is 0.341 e. The molecule has 0 aromatic carbocycles. The molecule has 1 aliphatic rings. The molecule has 0 N–H and O–H groups in total. The fourth-order valence-corrected chi connectivity index (χ4v) is 2.88. The number of hydrogen-bond acceptors (Lipinski definition) is 4. The molecule has 1 saturated heterocycles. The van der Waals surface area contributed by atoms with E-state index in [1.807, 2.05) is 18.6 Å². The Bertz CT molecular complexity index is 567. The third-order valence-corrected chi connectivity index (χ3v) is 4.38. The van der Waals surface area contributed by atoms with Crippen molar-refractivity contribution < 1.29 is 0 Å². The molecule has 0 saturated carbocycles. The van der Waals surface area contributed by atoms with Crippen LogP contribution < -0.4 is 4.90 Å². The van der Waals surface area contributed by atoms with Gasteiger partial charge in [-0.25, -0.2) is 15.0 Å². The normalized spacial score (nSPS) is 16.4. The SMILES string of the molecule is CCc1cnc(N2CCC(Cn3ccnc3C)CC2)nc1. The van der Waals surface area contributed by atoms with Gasteiger partial charge in [0.05, 0.1) is 0 Å². The Labute approximate surface area is 126 Å². The van der Waals surface area contributed by atoms with Crippen LogP contribution in [0, 0.1) is 12.8 Å². The lowest BCUT2D eigenvalue weighted by atomic mass is 9.97. The lowest BCUT2D eigenvalue weighted by molar-refractivity contribution is 0.352. The van der Waals surface area contributed by atoms with E-state index in [2.05, 4.69) is 44.5 Å². The number of aromatic nitrogens is 4. The van der Waals surface area contributed by atoms with E-state index in [0.717, 1.165) is 43.7 Å². The van der Waals surface area contributed by atoms with Crippen LogP contribution in [0.15, 0.2) is 24.8 Å². The van der Waals surface area contributed by atoms with E-state index in [1.54, 1.807) is 0 Å². The Hall–Kier alpha value is -1.91. The first-order chi connectivity index (χ1) is 10.3. The van der Waals surface area contributed by atoms with Crippen LogP contribution in [0.25, 0.3) is 0 Å². The highest BCUT2D eigenvalue weighted by Gasteiger charge is 2.21. The van der Waals surface area contributed by atoms with Crippen LogP contribution >= 0.6 is 0 Å². The molecule has 2 aromatic rings. The van der Waals surface area contributed by atoms with Crippen LogP contribution in [0.2, 0.25) is 0 Å². The summed E-state index contributed by atoms with van der Waals surface area (Å²) in [5.74, 6) is 2.71. The standard InChI is InChI=1S/C16H23N5/c1-3-14-10-18-16(19-11-14)20-7-4-15(5-8-20)12-21-9-6-17-13(21)2/h6,9-11,15H,3-5,7-8,12H2,1-2H3. The quantitative estimate of drug-likeness (QED) is 0.866. The van der Waals surface area contributed by atoms with Crippen molar-refractivity contribution >= 4 is 5.95 Å². The Kier molecular flexibility index (Phi) is 4.18. The summed E-state index contributed by atoms with van der Waals surface area (Å²) in [5, 5.41) is 0. The first kappa shape index (κ1) is 14.0. The van der Waals surface area contributed by atoms with Crippen molar-refractivity contribution in [3.63, 3.8) is 0 Å². The Morgan fingerprint density at radius 3 is 2.43 bits per heavy atom. The van der Waals surface area contributed by atoms with Crippen molar-refractivity contribution in [1.29, 1.82) is 0 Å². The molecule has 1 fully saturated rings. The van der Waals surface area contributed by atoms with Gasteiger partial charge in [-0.05, 0) is 37.7 Å². The van der Waals surface area contributed by atoms with E-state index < -0.39 is 0 Å².